The van der Waals surface area contributed by atoms with E-state index >= 15 is 0 Å². The van der Waals surface area contributed by atoms with Gasteiger partial charge in [-0.2, -0.15) is 0 Å². The Labute approximate surface area is 316 Å². The van der Waals surface area contributed by atoms with Crippen LogP contribution < -0.4 is 21.3 Å². The molecule has 2 heterocycles. The number of morpholine rings is 1. The number of amides is 4. The van der Waals surface area contributed by atoms with Crippen LogP contribution in [0.25, 0.3) is 0 Å². The normalized spacial score (nSPS) is 17.6. The van der Waals surface area contributed by atoms with Crippen LogP contribution in [0.2, 0.25) is 0 Å². The largest absolute Gasteiger partial charge is 0.379 e. The molecule has 0 aliphatic carbocycles. The molecule has 12 heteroatoms. The zero-order valence-corrected chi connectivity index (χ0v) is 32.2. The molecule has 0 bridgehead atoms. The van der Waals surface area contributed by atoms with Gasteiger partial charge in [0, 0.05) is 18.8 Å². The molecule has 12 nitrogen and oxygen atoms in total. The molecule has 2 aromatic carbocycles. The van der Waals surface area contributed by atoms with E-state index in [0.29, 0.717) is 45.8 Å². The van der Waals surface area contributed by atoms with E-state index in [1.54, 1.807) is 6.92 Å². The molecule has 2 aliphatic rings. The van der Waals surface area contributed by atoms with E-state index in [-0.39, 0.29) is 48.9 Å². The summed E-state index contributed by atoms with van der Waals surface area (Å²) in [4.78, 5) is 64.5. The van der Waals surface area contributed by atoms with Crippen molar-refractivity contribution in [3.8, 4) is 0 Å². The highest BCUT2D eigenvalue weighted by Gasteiger charge is 2.50. The molecule has 3 unspecified atom stereocenters. The van der Waals surface area contributed by atoms with Gasteiger partial charge in [0.15, 0.2) is 5.78 Å². The molecule has 296 valence electrons. The number of nitrogens with zero attached hydrogens (tertiary/aromatic N) is 1. The third-order valence-corrected chi connectivity index (χ3v) is 8.35. The minimum atomic E-state index is -0.872. The van der Waals surface area contributed by atoms with Crippen LogP contribution in [-0.2, 0) is 39.9 Å². The Morgan fingerprint density at radius 1 is 0.769 bits per heavy atom. The summed E-state index contributed by atoms with van der Waals surface area (Å²) in [7, 11) is 0. The van der Waals surface area contributed by atoms with Crippen molar-refractivity contribution in [3.63, 3.8) is 0 Å². The first-order valence-electron chi connectivity index (χ1n) is 18.4. The third kappa shape index (κ3) is 18.4. The topological polar surface area (TPSA) is 158 Å². The molecule has 2 fully saturated rings. The van der Waals surface area contributed by atoms with E-state index < -0.39 is 35.4 Å². The average molecular weight is 732 g/mol. The summed E-state index contributed by atoms with van der Waals surface area (Å²) in [5.41, 5.74) is 1.87. The van der Waals surface area contributed by atoms with Crippen LogP contribution in [0.1, 0.15) is 71.2 Å². The van der Waals surface area contributed by atoms with Crippen LogP contribution in [0.3, 0.4) is 0 Å². The number of carbonyl (C=O) groups is 5. The lowest BCUT2D eigenvalue weighted by atomic mass is 9.93. The maximum absolute atomic E-state index is 12.8. The molecule has 0 aromatic heterocycles. The molecule has 52 heavy (non-hydrogen) atoms. The first-order valence-corrected chi connectivity index (χ1v) is 18.4. The van der Waals surface area contributed by atoms with E-state index in [1.165, 1.54) is 11.1 Å². The number of ketones is 1. The molecule has 4 N–H and O–H groups in total. The lowest BCUT2D eigenvalue weighted by molar-refractivity contribution is -0.132. The first kappa shape index (κ1) is 44.0. The Morgan fingerprint density at radius 3 is 1.73 bits per heavy atom. The maximum Gasteiger partial charge on any atom is 0.243 e. The van der Waals surface area contributed by atoms with Crippen molar-refractivity contribution < 1.29 is 39.2 Å². The fraction of sp³-hybridized carbons (Fsp3) is 0.575. The zero-order chi connectivity index (χ0) is 38.5. The molecule has 0 radical (unpaired) electrons. The number of hydrogen-bond donors (Lipinski definition) is 4. The summed E-state index contributed by atoms with van der Waals surface area (Å²) in [5.74, 6) is -1.71. The van der Waals surface area contributed by atoms with Crippen LogP contribution in [0.4, 0.5) is 0 Å². The van der Waals surface area contributed by atoms with Crippen LogP contribution in [-0.4, -0.2) is 105 Å². The van der Waals surface area contributed by atoms with E-state index in [4.69, 9.17) is 9.47 Å². The summed E-state index contributed by atoms with van der Waals surface area (Å²) in [6.45, 7) is 16.0. The highest BCUT2D eigenvalue weighted by molar-refractivity contribution is 5.97. The Balaban J connectivity index is -0.00000122. The van der Waals surface area contributed by atoms with Gasteiger partial charge in [-0.3, -0.25) is 28.9 Å². The molecule has 2 saturated heterocycles. The molecular formula is C40H69N5O7. The Morgan fingerprint density at radius 2 is 1.27 bits per heavy atom. The number of aryl methyl sites for hydroxylation is 2. The molecule has 4 amide bonds. The number of rotatable bonds is 16. The maximum atomic E-state index is 12.8. The van der Waals surface area contributed by atoms with Crippen LogP contribution >= 0.6 is 0 Å². The van der Waals surface area contributed by atoms with Crippen molar-refractivity contribution in [1.29, 1.82) is 0 Å². The van der Waals surface area contributed by atoms with Gasteiger partial charge in [0.2, 0.25) is 23.6 Å². The van der Waals surface area contributed by atoms with Gasteiger partial charge >= 0.3 is 0 Å². The second-order valence-electron chi connectivity index (χ2n) is 14.3. The number of carbonyl (C=O) groups excluding carboxylic acids is 5. The quantitative estimate of drug-likeness (QED) is 0.187. The summed E-state index contributed by atoms with van der Waals surface area (Å²) in [6, 6.07) is 19.1. The van der Waals surface area contributed by atoms with Gasteiger partial charge < -0.3 is 30.7 Å². The van der Waals surface area contributed by atoms with Crippen LogP contribution in [0.5, 0.6) is 0 Å². The summed E-state index contributed by atoms with van der Waals surface area (Å²) >= 11 is 0. The predicted molar refractivity (Wildman–Crippen MR) is 211 cm³/mol. The Hall–Kier alpha value is -4.13. The van der Waals surface area contributed by atoms with Crippen molar-refractivity contribution in [2.24, 2.45) is 11.8 Å². The van der Waals surface area contributed by atoms with Gasteiger partial charge in [0.1, 0.15) is 11.6 Å². The summed E-state index contributed by atoms with van der Waals surface area (Å²) < 4.78 is 10.5. The zero-order valence-electron chi connectivity index (χ0n) is 32.2. The van der Waals surface area contributed by atoms with Crippen molar-refractivity contribution in [1.82, 2.24) is 26.2 Å². The van der Waals surface area contributed by atoms with Gasteiger partial charge in [0.05, 0.1) is 45.5 Å². The highest BCUT2D eigenvalue weighted by Crippen LogP contribution is 2.29. The van der Waals surface area contributed by atoms with E-state index in [2.05, 4.69) is 71.5 Å². The van der Waals surface area contributed by atoms with E-state index in [9.17, 15) is 24.0 Å². The first-order chi connectivity index (χ1) is 24.7. The van der Waals surface area contributed by atoms with E-state index in [0.717, 1.165) is 6.42 Å². The second kappa shape index (κ2) is 23.4. The lowest BCUT2D eigenvalue weighted by Crippen LogP contribution is -2.53. The monoisotopic (exact) mass is 732 g/mol. The average Bonchev–Trinajstić information content (AvgIpc) is 3.88. The van der Waals surface area contributed by atoms with Gasteiger partial charge in [-0.1, -0.05) is 101 Å². The number of epoxide rings is 1. The van der Waals surface area contributed by atoms with Crippen molar-refractivity contribution in [2.45, 2.75) is 85.4 Å². The van der Waals surface area contributed by atoms with Gasteiger partial charge in [-0.05, 0) is 50.5 Å². The number of hydrogen-bond acceptors (Lipinski definition) is 8. The summed E-state index contributed by atoms with van der Waals surface area (Å²) in [5, 5.41) is 10.5. The highest BCUT2D eigenvalue weighted by atomic mass is 16.6. The number of nitrogens with one attached hydrogen (secondary N) is 4. The molecule has 0 saturated carbocycles. The fourth-order valence-electron chi connectivity index (χ4n) is 5.25. The third-order valence-electron chi connectivity index (χ3n) is 8.35. The molecular weight excluding hydrogens is 662 g/mol. The van der Waals surface area contributed by atoms with E-state index in [1.807, 2.05) is 56.9 Å². The molecule has 2 aromatic rings. The lowest BCUT2D eigenvalue weighted by Gasteiger charge is -2.25. The second-order valence-corrected chi connectivity index (χ2v) is 14.3. The fourth-order valence-corrected chi connectivity index (χ4v) is 5.25. The van der Waals surface area contributed by atoms with Crippen molar-refractivity contribution >= 4 is 29.4 Å². The molecule has 4 rings (SSSR count). The molecule has 3 atom stereocenters. The Kier molecular flexibility index (Phi) is 19.8. The van der Waals surface area contributed by atoms with Crippen LogP contribution in [0, 0.1) is 18.8 Å². The SMILES string of the molecule is CC(C)CC(NC(=O)CNC(=O)CN1CCOCC1)C(=O)NCC(=O)NC(CC(C)C)C(=O)C1(C)CO1.CCc1ccccc1.Cc1ccccc1.[HH].[HH].[HH].[HH]. The van der Waals surface area contributed by atoms with Crippen molar-refractivity contribution in [3.05, 3.63) is 71.8 Å². The number of benzene rings is 2. The molecule has 0 spiro atoms. The Bertz CT molecular complexity index is 1400. The summed E-state index contributed by atoms with van der Waals surface area (Å²) in [6.07, 6.45) is 1.95. The van der Waals surface area contributed by atoms with Gasteiger partial charge in [0.25, 0.3) is 0 Å². The predicted octanol–water partition coefficient (Wildman–Crippen LogP) is 4.20. The standard InChI is InChI=1S/C25H43N5O7.C8H10.C7H8.4H2/c1-16(2)10-18(23(34)25(5)15-37-25)28-21(32)13-27-24(35)19(11-17(3)4)29-20(31)12-26-22(33)14-30-6-8-36-9-7-30;1-2-8-6-4-3-5-7-8;1-7-5-3-2-4-6-7;;;;/h16-19H,6-15H2,1-5H3,(H,26,33)(H,27,35)(H,28,32)(H,29,31);3-7H,2H2,1H3;2-6H,1H3;4*1H. The number of Topliss-reactive ketones (excluding diaryl/α,β-unsaturated/α-hetero) is 1. The molecule has 2 aliphatic heterocycles. The minimum Gasteiger partial charge on any atom is -0.379 e. The smallest absolute Gasteiger partial charge is 0.243 e. The minimum absolute atomic E-state index is 0. The van der Waals surface area contributed by atoms with Crippen molar-refractivity contribution in [2.75, 3.05) is 52.5 Å². The van der Waals surface area contributed by atoms with Gasteiger partial charge in [-0.25, -0.2) is 0 Å². The van der Waals surface area contributed by atoms with Gasteiger partial charge in [-0.15, -0.1) is 0 Å². The van der Waals surface area contributed by atoms with Crippen LogP contribution in [0.15, 0.2) is 60.7 Å². The number of ether oxygens (including phenoxy) is 2.